The molecule has 0 spiro atoms. The summed E-state index contributed by atoms with van der Waals surface area (Å²) in [6.07, 6.45) is 6.94. The van der Waals surface area contributed by atoms with Crippen LogP contribution in [0.25, 0.3) is 10.9 Å². The van der Waals surface area contributed by atoms with Crippen LogP contribution in [0.1, 0.15) is 15.9 Å². The van der Waals surface area contributed by atoms with Gasteiger partial charge in [-0.05, 0) is 30.3 Å². The molecule has 0 aliphatic heterocycles. The molecule has 0 aliphatic carbocycles. The number of rotatable bonds is 3. The molecule has 1 aromatic heterocycles. The largest absolute Gasteiger partial charge is 0.504 e. The van der Waals surface area contributed by atoms with E-state index in [0.29, 0.717) is 33.5 Å². The number of hydrogen-bond donors (Lipinski definition) is 2. The molecule has 5 heteroatoms. The van der Waals surface area contributed by atoms with Crippen LogP contribution in [0.2, 0.25) is 0 Å². The first-order chi connectivity index (χ1) is 11.6. The number of pyridine rings is 1. The van der Waals surface area contributed by atoms with Gasteiger partial charge in [0, 0.05) is 28.8 Å². The summed E-state index contributed by atoms with van der Waals surface area (Å²) >= 11 is 0. The van der Waals surface area contributed by atoms with Crippen molar-refractivity contribution in [2.75, 3.05) is 12.4 Å². The van der Waals surface area contributed by atoms with Crippen LogP contribution >= 0.6 is 0 Å². The Bertz CT molecular complexity index is 974. The Hall–Kier alpha value is -3.52. The highest BCUT2D eigenvalue weighted by Crippen LogP contribution is 2.33. The van der Waals surface area contributed by atoms with Crippen LogP contribution in [-0.2, 0) is 0 Å². The molecule has 2 aromatic carbocycles. The third kappa shape index (κ3) is 2.85. The Labute approximate surface area is 138 Å². The second-order valence-corrected chi connectivity index (χ2v) is 5.08. The van der Waals surface area contributed by atoms with Crippen molar-refractivity contribution in [3.8, 4) is 23.8 Å². The van der Waals surface area contributed by atoms with E-state index in [9.17, 15) is 9.90 Å². The maximum Gasteiger partial charge on any atom is 0.255 e. The van der Waals surface area contributed by atoms with Gasteiger partial charge < -0.3 is 15.2 Å². The number of aromatic hydroxyl groups is 1. The van der Waals surface area contributed by atoms with Crippen molar-refractivity contribution in [2.45, 2.75) is 0 Å². The Morgan fingerprint density at radius 2 is 2.12 bits per heavy atom. The normalized spacial score (nSPS) is 10.2. The van der Waals surface area contributed by atoms with Gasteiger partial charge in [-0.3, -0.25) is 9.78 Å². The lowest BCUT2D eigenvalue weighted by atomic mass is 10.1. The Morgan fingerprint density at radius 3 is 2.88 bits per heavy atom. The fourth-order valence-corrected chi connectivity index (χ4v) is 2.38. The fourth-order valence-electron chi connectivity index (χ4n) is 2.38. The van der Waals surface area contributed by atoms with E-state index in [2.05, 4.69) is 16.2 Å². The molecule has 0 saturated carbocycles. The van der Waals surface area contributed by atoms with Gasteiger partial charge in [-0.25, -0.2) is 0 Å². The SMILES string of the molecule is C#Cc1cccc(C(=O)Nc2ccnc3cc(OC)c(O)cc23)c1. The molecular weight excluding hydrogens is 304 g/mol. The van der Waals surface area contributed by atoms with E-state index in [1.165, 1.54) is 13.2 Å². The zero-order valence-electron chi connectivity index (χ0n) is 12.9. The third-order valence-corrected chi connectivity index (χ3v) is 3.58. The molecule has 0 bridgehead atoms. The van der Waals surface area contributed by atoms with E-state index < -0.39 is 0 Å². The van der Waals surface area contributed by atoms with Crippen LogP contribution in [0, 0.1) is 12.3 Å². The van der Waals surface area contributed by atoms with Crippen molar-refractivity contribution < 1.29 is 14.6 Å². The highest BCUT2D eigenvalue weighted by atomic mass is 16.5. The van der Waals surface area contributed by atoms with Gasteiger partial charge >= 0.3 is 0 Å². The van der Waals surface area contributed by atoms with E-state index in [1.54, 1.807) is 42.6 Å². The predicted molar refractivity (Wildman–Crippen MR) is 92.3 cm³/mol. The topological polar surface area (TPSA) is 71.5 Å². The van der Waals surface area contributed by atoms with Gasteiger partial charge in [0.1, 0.15) is 0 Å². The lowest BCUT2D eigenvalue weighted by molar-refractivity contribution is 0.102. The highest BCUT2D eigenvalue weighted by Gasteiger charge is 2.12. The number of methoxy groups -OCH3 is 1. The number of nitrogens with zero attached hydrogens (tertiary/aromatic N) is 1. The van der Waals surface area contributed by atoms with Crippen LogP contribution in [0.3, 0.4) is 0 Å². The van der Waals surface area contributed by atoms with Gasteiger partial charge in [0.2, 0.25) is 0 Å². The maximum atomic E-state index is 12.4. The number of anilines is 1. The number of fused-ring (bicyclic) bond motifs is 1. The van der Waals surface area contributed by atoms with Crippen molar-refractivity contribution in [1.82, 2.24) is 4.98 Å². The smallest absolute Gasteiger partial charge is 0.255 e. The van der Waals surface area contributed by atoms with Gasteiger partial charge in [-0.15, -0.1) is 6.42 Å². The second kappa shape index (κ2) is 6.31. The molecule has 1 heterocycles. The van der Waals surface area contributed by atoms with E-state index in [-0.39, 0.29) is 11.7 Å². The number of hydrogen-bond acceptors (Lipinski definition) is 4. The molecule has 1 amide bonds. The summed E-state index contributed by atoms with van der Waals surface area (Å²) in [5.41, 5.74) is 2.21. The minimum Gasteiger partial charge on any atom is -0.504 e. The lowest BCUT2D eigenvalue weighted by Crippen LogP contribution is -2.12. The molecule has 2 N–H and O–H groups in total. The molecule has 118 valence electrons. The van der Waals surface area contributed by atoms with Gasteiger partial charge in [-0.2, -0.15) is 0 Å². The summed E-state index contributed by atoms with van der Waals surface area (Å²) < 4.78 is 5.07. The van der Waals surface area contributed by atoms with Crippen LogP contribution < -0.4 is 10.1 Å². The van der Waals surface area contributed by atoms with E-state index in [4.69, 9.17) is 11.2 Å². The van der Waals surface area contributed by atoms with E-state index >= 15 is 0 Å². The highest BCUT2D eigenvalue weighted by molar-refractivity contribution is 6.09. The summed E-state index contributed by atoms with van der Waals surface area (Å²) in [7, 11) is 1.46. The summed E-state index contributed by atoms with van der Waals surface area (Å²) in [5.74, 6) is 2.50. The number of benzene rings is 2. The molecule has 0 fully saturated rings. The van der Waals surface area contributed by atoms with Gasteiger partial charge in [0.25, 0.3) is 5.91 Å². The molecule has 0 aliphatic rings. The van der Waals surface area contributed by atoms with Crippen molar-refractivity contribution in [3.05, 3.63) is 59.8 Å². The van der Waals surface area contributed by atoms with Gasteiger partial charge in [0.05, 0.1) is 18.3 Å². The molecule has 3 rings (SSSR count). The average molecular weight is 318 g/mol. The molecule has 0 atom stereocenters. The molecule has 0 saturated heterocycles. The first-order valence-electron chi connectivity index (χ1n) is 7.16. The van der Waals surface area contributed by atoms with Crippen molar-refractivity contribution in [2.24, 2.45) is 0 Å². The third-order valence-electron chi connectivity index (χ3n) is 3.58. The van der Waals surface area contributed by atoms with Gasteiger partial charge in [0.15, 0.2) is 11.5 Å². The summed E-state index contributed by atoms with van der Waals surface area (Å²) in [4.78, 5) is 16.7. The number of terminal acetylenes is 1. The Balaban J connectivity index is 1.99. The van der Waals surface area contributed by atoms with Crippen molar-refractivity contribution in [3.63, 3.8) is 0 Å². The summed E-state index contributed by atoms with van der Waals surface area (Å²) in [6.45, 7) is 0. The van der Waals surface area contributed by atoms with Crippen LogP contribution in [-0.4, -0.2) is 23.1 Å². The minimum absolute atomic E-state index is 0.0252. The molecule has 24 heavy (non-hydrogen) atoms. The van der Waals surface area contributed by atoms with Crippen LogP contribution in [0.15, 0.2) is 48.7 Å². The molecule has 5 nitrogen and oxygen atoms in total. The number of phenols is 1. The fraction of sp³-hybridized carbons (Fsp3) is 0.0526. The zero-order chi connectivity index (χ0) is 17.1. The second-order valence-electron chi connectivity index (χ2n) is 5.08. The molecule has 0 unspecified atom stereocenters. The lowest BCUT2D eigenvalue weighted by Gasteiger charge is -2.10. The number of nitrogens with one attached hydrogen (secondary N) is 1. The van der Waals surface area contributed by atoms with Crippen LogP contribution in [0.5, 0.6) is 11.5 Å². The first kappa shape index (κ1) is 15.4. The van der Waals surface area contributed by atoms with Crippen molar-refractivity contribution in [1.29, 1.82) is 0 Å². The maximum absolute atomic E-state index is 12.4. The summed E-state index contributed by atoms with van der Waals surface area (Å²) in [6, 6.07) is 11.6. The predicted octanol–water partition coefficient (Wildman–Crippen LogP) is 3.18. The van der Waals surface area contributed by atoms with Crippen LogP contribution in [0.4, 0.5) is 5.69 Å². The first-order valence-corrected chi connectivity index (χ1v) is 7.16. The molecular formula is C19H14N2O3. The Kier molecular flexibility index (Phi) is 4.04. The number of aromatic nitrogens is 1. The minimum atomic E-state index is -0.296. The number of amides is 1. The van der Waals surface area contributed by atoms with E-state index in [0.717, 1.165) is 0 Å². The number of ether oxygens (including phenoxy) is 1. The van der Waals surface area contributed by atoms with Crippen molar-refractivity contribution >= 4 is 22.5 Å². The monoisotopic (exact) mass is 318 g/mol. The zero-order valence-corrected chi connectivity index (χ0v) is 12.9. The quantitative estimate of drug-likeness (QED) is 0.728. The standard InChI is InChI=1S/C19H14N2O3/c1-3-12-5-4-6-13(9-12)19(23)21-15-7-8-20-16-11-18(24-2)17(22)10-14(15)16/h1,4-11,22H,2H3,(H,20,21,23). The summed E-state index contributed by atoms with van der Waals surface area (Å²) in [5, 5.41) is 13.4. The number of phenolic OH excluding ortho intramolecular Hbond substituents is 1. The van der Waals surface area contributed by atoms with Gasteiger partial charge in [-0.1, -0.05) is 12.0 Å². The average Bonchev–Trinajstić information content (AvgIpc) is 2.61. The number of carbonyl (C=O) groups is 1. The molecule has 3 aromatic rings. The molecule has 0 radical (unpaired) electrons. The number of carbonyl (C=O) groups excluding carboxylic acids is 1. The Morgan fingerprint density at radius 1 is 1.29 bits per heavy atom. The van der Waals surface area contributed by atoms with E-state index in [1.807, 2.05) is 0 Å².